The maximum atomic E-state index is 5.31. The number of methoxy groups -OCH3 is 1. The molecular formula is C18H22N2O. The van der Waals surface area contributed by atoms with Crippen molar-refractivity contribution in [2.24, 2.45) is 0 Å². The van der Waals surface area contributed by atoms with Crippen molar-refractivity contribution >= 4 is 11.4 Å². The highest BCUT2D eigenvalue weighted by Crippen LogP contribution is 2.28. The molecule has 3 heteroatoms. The molecule has 3 rings (SSSR count). The third-order valence-corrected chi connectivity index (χ3v) is 4.09. The molecule has 1 aliphatic rings. The van der Waals surface area contributed by atoms with E-state index in [0.29, 0.717) is 0 Å². The third-order valence-electron chi connectivity index (χ3n) is 4.09. The minimum absolute atomic E-state index is 0.899. The summed E-state index contributed by atoms with van der Waals surface area (Å²) >= 11 is 0. The average Bonchev–Trinajstić information content (AvgIpc) is 2.55. The second-order valence-corrected chi connectivity index (χ2v) is 5.53. The maximum Gasteiger partial charge on any atom is 0.120 e. The average molecular weight is 282 g/mol. The monoisotopic (exact) mass is 282 g/mol. The fraction of sp³-hybridized carbons (Fsp3) is 0.333. The fourth-order valence-electron chi connectivity index (χ4n) is 2.93. The summed E-state index contributed by atoms with van der Waals surface area (Å²) in [4.78, 5) is 2.27. The Morgan fingerprint density at radius 1 is 1.19 bits per heavy atom. The molecule has 21 heavy (non-hydrogen) atoms. The lowest BCUT2D eigenvalue weighted by Crippen LogP contribution is -2.20. The van der Waals surface area contributed by atoms with Crippen LogP contribution in [0.25, 0.3) is 0 Å². The Morgan fingerprint density at radius 2 is 2.05 bits per heavy atom. The van der Waals surface area contributed by atoms with E-state index in [2.05, 4.69) is 47.6 Å². The second kappa shape index (κ2) is 6.08. The molecule has 0 aliphatic carbocycles. The summed E-state index contributed by atoms with van der Waals surface area (Å²) in [7, 11) is 3.84. The molecule has 0 fully saturated rings. The van der Waals surface area contributed by atoms with Crippen molar-refractivity contribution in [3.63, 3.8) is 0 Å². The summed E-state index contributed by atoms with van der Waals surface area (Å²) in [6, 6.07) is 14.8. The van der Waals surface area contributed by atoms with Crippen LogP contribution in [0, 0.1) is 0 Å². The first-order valence-corrected chi connectivity index (χ1v) is 7.48. The van der Waals surface area contributed by atoms with Crippen molar-refractivity contribution in [2.45, 2.75) is 19.4 Å². The van der Waals surface area contributed by atoms with Gasteiger partial charge in [0.1, 0.15) is 5.75 Å². The molecule has 0 atom stereocenters. The van der Waals surface area contributed by atoms with Crippen LogP contribution in [-0.2, 0) is 13.0 Å². The molecule has 1 heterocycles. The number of nitrogens with one attached hydrogen (secondary N) is 1. The van der Waals surface area contributed by atoms with Gasteiger partial charge in [0.2, 0.25) is 0 Å². The molecule has 1 aliphatic heterocycles. The van der Waals surface area contributed by atoms with Gasteiger partial charge in [0.25, 0.3) is 0 Å². The van der Waals surface area contributed by atoms with Gasteiger partial charge in [-0.1, -0.05) is 18.2 Å². The highest BCUT2D eigenvalue weighted by Gasteiger charge is 2.13. The summed E-state index contributed by atoms with van der Waals surface area (Å²) in [6.45, 7) is 2.00. The van der Waals surface area contributed by atoms with Crippen LogP contribution >= 0.6 is 0 Å². The van der Waals surface area contributed by atoms with Gasteiger partial charge < -0.3 is 15.0 Å². The molecule has 0 aromatic heterocycles. The Balaban J connectivity index is 1.82. The van der Waals surface area contributed by atoms with Gasteiger partial charge in [-0.05, 0) is 42.2 Å². The van der Waals surface area contributed by atoms with Crippen LogP contribution < -0.4 is 15.0 Å². The zero-order chi connectivity index (χ0) is 14.7. The van der Waals surface area contributed by atoms with Gasteiger partial charge in [0.15, 0.2) is 0 Å². The highest BCUT2D eigenvalue weighted by atomic mass is 16.5. The molecule has 0 saturated carbocycles. The quantitative estimate of drug-likeness (QED) is 0.925. The Morgan fingerprint density at radius 3 is 2.90 bits per heavy atom. The van der Waals surface area contributed by atoms with Crippen LogP contribution in [0.3, 0.4) is 0 Å². The maximum absolute atomic E-state index is 5.31. The van der Waals surface area contributed by atoms with Crippen LogP contribution in [0.15, 0.2) is 42.5 Å². The second-order valence-electron chi connectivity index (χ2n) is 5.53. The van der Waals surface area contributed by atoms with Gasteiger partial charge in [-0.25, -0.2) is 0 Å². The smallest absolute Gasteiger partial charge is 0.120 e. The number of ether oxygens (including phenoxy) is 1. The first-order valence-electron chi connectivity index (χ1n) is 7.48. The van der Waals surface area contributed by atoms with Gasteiger partial charge >= 0.3 is 0 Å². The number of anilines is 2. The van der Waals surface area contributed by atoms with E-state index in [1.165, 1.54) is 35.3 Å². The van der Waals surface area contributed by atoms with Gasteiger partial charge in [-0.15, -0.1) is 0 Å². The number of rotatable bonds is 4. The molecule has 2 aromatic rings. The molecule has 110 valence electrons. The van der Waals surface area contributed by atoms with Gasteiger partial charge in [0, 0.05) is 37.6 Å². The number of hydrogen-bond acceptors (Lipinski definition) is 3. The van der Waals surface area contributed by atoms with E-state index in [1.54, 1.807) is 7.11 Å². The van der Waals surface area contributed by atoms with E-state index in [1.807, 2.05) is 12.1 Å². The van der Waals surface area contributed by atoms with E-state index in [-0.39, 0.29) is 0 Å². The Bertz CT molecular complexity index is 624. The summed E-state index contributed by atoms with van der Waals surface area (Å²) in [5, 5.41) is 3.50. The van der Waals surface area contributed by atoms with Crippen LogP contribution in [0.1, 0.15) is 17.5 Å². The largest absolute Gasteiger partial charge is 0.497 e. The van der Waals surface area contributed by atoms with Gasteiger partial charge in [-0.2, -0.15) is 0 Å². The third kappa shape index (κ3) is 2.97. The van der Waals surface area contributed by atoms with Crippen LogP contribution in [0.2, 0.25) is 0 Å². The lowest BCUT2D eigenvalue weighted by molar-refractivity contribution is 0.415. The number of benzene rings is 2. The molecule has 0 bridgehead atoms. The Kier molecular flexibility index (Phi) is 4.00. The fourth-order valence-corrected chi connectivity index (χ4v) is 2.93. The Labute approximate surface area is 126 Å². The normalized spacial score (nSPS) is 13.2. The van der Waals surface area contributed by atoms with Crippen LogP contribution in [0.4, 0.5) is 11.4 Å². The standard InChI is InChI=1S/C18H22N2O/c1-20(15-7-4-8-16(12-15)21-2)13-14-6-3-10-18-17(14)9-5-11-19-18/h3-4,6-8,10,12,19H,5,9,11,13H2,1-2H3. The minimum Gasteiger partial charge on any atom is -0.497 e. The molecule has 1 N–H and O–H groups in total. The molecule has 0 saturated heterocycles. The number of hydrogen-bond donors (Lipinski definition) is 1. The molecular weight excluding hydrogens is 260 g/mol. The zero-order valence-electron chi connectivity index (χ0n) is 12.7. The van der Waals surface area contributed by atoms with Crippen molar-refractivity contribution < 1.29 is 4.74 Å². The molecule has 0 unspecified atom stereocenters. The highest BCUT2D eigenvalue weighted by molar-refractivity contribution is 5.58. The predicted molar refractivity (Wildman–Crippen MR) is 88.4 cm³/mol. The van der Waals surface area contributed by atoms with E-state index in [0.717, 1.165) is 18.8 Å². The number of nitrogens with zero attached hydrogens (tertiary/aromatic N) is 1. The zero-order valence-corrected chi connectivity index (χ0v) is 12.7. The first-order chi connectivity index (χ1) is 10.3. The SMILES string of the molecule is COc1cccc(N(C)Cc2cccc3c2CCCN3)c1. The van der Waals surface area contributed by atoms with E-state index in [9.17, 15) is 0 Å². The topological polar surface area (TPSA) is 24.5 Å². The minimum atomic E-state index is 0.899. The van der Waals surface area contributed by atoms with Gasteiger partial charge in [-0.3, -0.25) is 0 Å². The predicted octanol–water partition coefficient (Wildman–Crippen LogP) is 3.69. The van der Waals surface area contributed by atoms with Gasteiger partial charge in [0.05, 0.1) is 7.11 Å². The lowest BCUT2D eigenvalue weighted by atomic mass is 9.97. The van der Waals surface area contributed by atoms with Crippen molar-refractivity contribution in [3.8, 4) is 5.75 Å². The first kappa shape index (κ1) is 13.8. The van der Waals surface area contributed by atoms with E-state index >= 15 is 0 Å². The Hall–Kier alpha value is -2.16. The van der Waals surface area contributed by atoms with Crippen LogP contribution in [-0.4, -0.2) is 20.7 Å². The van der Waals surface area contributed by atoms with E-state index in [4.69, 9.17) is 4.74 Å². The van der Waals surface area contributed by atoms with Crippen molar-refractivity contribution in [1.82, 2.24) is 0 Å². The summed E-state index contributed by atoms with van der Waals surface area (Å²) < 4.78 is 5.31. The lowest BCUT2D eigenvalue weighted by Gasteiger charge is -2.25. The van der Waals surface area contributed by atoms with Crippen molar-refractivity contribution in [3.05, 3.63) is 53.6 Å². The summed E-state index contributed by atoms with van der Waals surface area (Å²) in [5.74, 6) is 0.899. The van der Waals surface area contributed by atoms with Crippen LogP contribution in [0.5, 0.6) is 5.75 Å². The number of fused-ring (bicyclic) bond motifs is 1. The van der Waals surface area contributed by atoms with Crippen molar-refractivity contribution in [2.75, 3.05) is 30.9 Å². The van der Waals surface area contributed by atoms with E-state index < -0.39 is 0 Å². The summed E-state index contributed by atoms with van der Waals surface area (Å²) in [6.07, 6.45) is 2.39. The molecule has 3 nitrogen and oxygen atoms in total. The molecule has 0 radical (unpaired) electrons. The summed E-state index contributed by atoms with van der Waals surface area (Å²) in [5.41, 5.74) is 5.36. The molecule has 0 spiro atoms. The van der Waals surface area contributed by atoms with Crippen molar-refractivity contribution in [1.29, 1.82) is 0 Å². The molecule has 2 aromatic carbocycles. The molecule has 0 amide bonds.